The van der Waals surface area contributed by atoms with Gasteiger partial charge >= 0.3 is 0 Å². The average molecular weight is 466 g/mol. The Hall–Kier alpha value is -0.0800. The van der Waals surface area contributed by atoms with Crippen LogP contribution in [-0.4, -0.2) is 75.3 Å². The van der Waals surface area contributed by atoms with Gasteiger partial charge in [-0.25, -0.2) is 0 Å². The van der Waals surface area contributed by atoms with Crippen molar-refractivity contribution in [1.82, 2.24) is 15.1 Å². The fraction of sp³-hybridized carbons (Fsp3) is 0.947. The zero-order valence-corrected chi connectivity index (χ0v) is 18.8. The van der Waals surface area contributed by atoms with E-state index in [0.29, 0.717) is 0 Å². The van der Waals surface area contributed by atoms with Gasteiger partial charge in [0.15, 0.2) is 5.96 Å². The minimum absolute atomic E-state index is 0. The molecular weight excluding hydrogens is 427 g/mol. The highest BCUT2D eigenvalue weighted by Crippen LogP contribution is 2.22. The molecule has 1 N–H and O–H groups in total. The molecular formula is C19H39IN4O. The molecule has 2 aliphatic rings. The van der Waals surface area contributed by atoms with Gasteiger partial charge in [-0.15, -0.1) is 24.0 Å². The molecule has 2 rings (SSSR count). The number of rotatable bonds is 8. The van der Waals surface area contributed by atoms with E-state index in [4.69, 9.17) is 9.73 Å². The lowest BCUT2D eigenvalue weighted by atomic mass is 9.96. The molecule has 0 aromatic heterocycles. The molecule has 25 heavy (non-hydrogen) atoms. The highest BCUT2D eigenvalue weighted by atomic mass is 127. The summed E-state index contributed by atoms with van der Waals surface area (Å²) in [6, 6.07) is 0.786. The first-order chi connectivity index (χ1) is 11.7. The molecule has 1 aliphatic heterocycles. The Balaban J connectivity index is 0.00000312. The van der Waals surface area contributed by atoms with Crippen LogP contribution < -0.4 is 5.32 Å². The SMILES string of the molecule is CCNC(=NCCN(C)C1CCCC1)N(C)CCC1CCOCC1.I. The molecule has 5 nitrogen and oxygen atoms in total. The summed E-state index contributed by atoms with van der Waals surface area (Å²) >= 11 is 0. The van der Waals surface area contributed by atoms with E-state index in [0.717, 1.165) is 57.3 Å². The topological polar surface area (TPSA) is 40.1 Å². The van der Waals surface area contributed by atoms with E-state index in [9.17, 15) is 0 Å². The lowest BCUT2D eigenvalue weighted by Gasteiger charge is -2.27. The average Bonchev–Trinajstić information content (AvgIpc) is 3.14. The Morgan fingerprint density at radius 2 is 1.76 bits per heavy atom. The largest absolute Gasteiger partial charge is 0.381 e. The van der Waals surface area contributed by atoms with Gasteiger partial charge in [0.2, 0.25) is 0 Å². The van der Waals surface area contributed by atoms with Crippen molar-refractivity contribution >= 4 is 29.9 Å². The van der Waals surface area contributed by atoms with Crippen LogP contribution in [0.1, 0.15) is 51.9 Å². The molecule has 0 aromatic carbocycles. The second-order valence-corrected chi connectivity index (χ2v) is 7.42. The number of nitrogens with one attached hydrogen (secondary N) is 1. The van der Waals surface area contributed by atoms with E-state index < -0.39 is 0 Å². The minimum Gasteiger partial charge on any atom is -0.381 e. The number of hydrogen-bond acceptors (Lipinski definition) is 3. The van der Waals surface area contributed by atoms with Gasteiger partial charge in [-0.2, -0.15) is 0 Å². The summed E-state index contributed by atoms with van der Waals surface area (Å²) in [6.45, 7) is 7.98. The van der Waals surface area contributed by atoms with Crippen molar-refractivity contribution in [1.29, 1.82) is 0 Å². The smallest absolute Gasteiger partial charge is 0.193 e. The quantitative estimate of drug-likeness (QED) is 0.339. The van der Waals surface area contributed by atoms with Crippen LogP contribution in [0.15, 0.2) is 4.99 Å². The predicted octanol–water partition coefficient (Wildman–Crippen LogP) is 3.19. The number of guanidine groups is 1. The van der Waals surface area contributed by atoms with Crippen LogP contribution in [0.25, 0.3) is 0 Å². The first-order valence-corrected chi connectivity index (χ1v) is 9.98. The molecule has 0 unspecified atom stereocenters. The van der Waals surface area contributed by atoms with Crippen molar-refractivity contribution in [3.05, 3.63) is 0 Å². The molecule has 0 atom stereocenters. The zero-order chi connectivity index (χ0) is 17.2. The molecule has 1 heterocycles. The standard InChI is InChI=1S/C19H38N4O.HI/c1-4-20-19(21-12-14-22(2)18-7-5-6-8-18)23(3)13-9-17-10-15-24-16-11-17;/h17-18H,4-16H2,1-3H3,(H,20,21);1H. The number of halogens is 1. The van der Waals surface area contributed by atoms with Crippen molar-refractivity contribution in [3.8, 4) is 0 Å². The fourth-order valence-corrected chi connectivity index (χ4v) is 3.83. The Bertz CT molecular complexity index is 368. The van der Waals surface area contributed by atoms with Gasteiger partial charge in [0.1, 0.15) is 0 Å². The molecule has 0 aromatic rings. The van der Waals surface area contributed by atoms with Crippen molar-refractivity contribution in [2.75, 3.05) is 53.5 Å². The molecule has 2 fully saturated rings. The molecule has 148 valence electrons. The van der Waals surface area contributed by atoms with Crippen LogP contribution in [-0.2, 0) is 4.74 Å². The zero-order valence-electron chi connectivity index (χ0n) is 16.5. The monoisotopic (exact) mass is 466 g/mol. The maximum absolute atomic E-state index is 5.46. The molecule has 1 saturated carbocycles. The number of nitrogens with zero attached hydrogens (tertiary/aromatic N) is 3. The maximum Gasteiger partial charge on any atom is 0.193 e. The number of hydrogen-bond donors (Lipinski definition) is 1. The third-order valence-electron chi connectivity index (χ3n) is 5.57. The molecule has 1 saturated heterocycles. The molecule has 1 aliphatic carbocycles. The first kappa shape index (κ1) is 23.0. The Labute approximate surface area is 172 Å². The lowest BCUT2D eigenvalue weighted by Crippen LogP contribution is -2.41. The van der Waals surface area contributed by atoms with Gasteiger partial charge in [0.05, 0.1) is 6.54 Å². The number of likely N-dealkylation sites (N-methyl/N-ethyl adjacent to an activating group) is 1. The summed E-state index contributed by atoms with van der Waals surface area (Å²) in [5, 5.41) is 3.45. The molecule has 0 bridgehead atoms. The highest BCUT2D eigenvalue weighted by molar-refractivity contribution is 14.0. The lowest BCUT2D eigenvalue weighted by molar-refractivity contribution is 0.0625. The van der Waals surface area contributed by atoms with Crippen molar-refractivity contribution in [2.24, 2.45) is 10.9 Å². The third kappa shape index (κ3) is 8.43. The second-order valence-electron chi connectivity index (χ2n) is 7.42. The van der Waals surface area contributed by atoms with Gasteiger partial charge < -0.3 is 19.9 Å². The van der Waals surface area contributed by atoms with Crippen LogP contribution in [0.3, 0.4) is 0 Å². The summed E-state index contributed by atoms with van der Waals surface area (Å²) in [6.07, 6.45) is 9.20. The van der Waals surface area contributed by atoms with E-state index in [-0.39, 0.29) is 24.0 Å². The van der Waals surface area contributed by atoms with Gasteiger partial charge in [-0.3, -0.25) is 4.99 Å². The summed E-state index contributed by atoms with van der Waals surface area (Å²) in [5.74, 6) is 1.88. The fourth-order valence-electron chi connectivity index (χ4n) is 3.83. The molecule has 0 amide bonds. The Kier molecular flexibility index (Phi) is 12.1. The highest BCUT2D eigenvalue weighted by Gasteiger charge is 2.19. The van der Waals surface area contributed by atoms with E-state index in [2.05, 4.69) is 36.1 Å². The van der Waals surface area contributed by atoms with Gasteiger partial charge in [-0.1, -0.05) is 12.8 Å². The van der Waals surface area contributed by atoms with Crippen LogP contribution in [0.4, 0.5) is 0 Å². The predicted molar refractivity (Wildman–Crippen MR) is 117 cm³/mol. The molecule has 0 radical (unpaired) electrons. The van der Waals surface area contributed by atoms with Crippen LogP contribution in [0.2, 0.25) is 0 Å². The number of ether oxygens (including phenoxy) is 1. The third-order valence-corrected chi connectivity index (χ3v) is 5.57. The van der Waals surface area contributed by atoms with Gasteiger partial charge in [0, 0.05) is 45.9 Å². The van der Waals surface area contributed by atoms with Crippen LogP contribution in [0, 0.1) is 5.92 Å². The first-order valence-electron chi connectivity index (χ1n) is 9.98. The molecule has 0 spiro atoms. The molecule has 6 heteroatoms. The van der Waals surface area contributed by atoms with E-state index in [1.165, 1.54) is 44.9 Å². The van der Waals surface area contributed by atoms with E-state index in [1.54, 1.807) is 0 Å². The Morgan fingerprint density at radius 1 is 1.08 bits per heavy atom. The minimum atomic E-state index is 0. The second kappa shape index (κ2) is 13.1. The Morgan fingerprint density at radius 3 is 2.40 bits per heavy atom. The van der Waals surface area contributed by atoms with Gasteiger partial charge in [-0.05, 0) is 52.0 Å². The summed E-state index contributed by atoms with van der Waals surface area (Å²) in [4.78, 5) is 9.66. The summed E-state index contributed by atoms with van der Waals surface area (Å²) in [7, 11) is 4.43. The van der Waals surface area contributed by atoms with E-state index in [1.807, 2.05) is 0 Å². The normalized spacial score (nSPS) is 19.9. The summed E-state index contributed by atoms with van der Waals surface area (Å²) < 4.78 is 5.46. The number of aliphatic imine (C=N–C) groups is 1. The maximum atomic E-state index is 5.46. The van der Waals surface area contributed by atoms with Crippen molar-refractivity contribution in [3.63, 3.8) is 0 Å². The van der Waals surface area contributed by atoms with Gasteiger partial charge in [0.25, 0.3) is 0 Å². The van der Waals surface area contributed by atoms with Crippen LogP contribution >= 0.6 is 24.0 Å². The van der Waals surface area contributed by atoms with Crippen molar-refractivity contribution < 1.29 is 4.74 Å². The van der Waals surface area contributed by atoms with E-state index >= 15 is 0 Å². The van der Waals surface area contributed by atoms with Crippen molar-refractivity contribution in [2.45, 2.75) is 57.9 Å². The summed E-state index contributed by atoms with van der Waals surface area (Å²) in [5.41, 5.74) is 0. The van der Waals surface area contributed by atoms with Crippen LogP contribution in [0.5, 0.6) is 0 Å².